The lowest BCUT2D eigenvalue weighted by Crippen LogP contribution is -2.41. The number of esters is 1. The molecule has 2 rings (SSSR count). The number of hydrogen-bond donors (Lipinski definition) is 1. The molecule has 7 heteroatoms. The van der Waals surface area contributed by atoms with E-state index in [2.05, 4.69) is 10.3 Å². The van der Waals surface area contributed by atoms with Crippen LogP contribution in [0.5, 0.6) is 0 Å². The zero-order chi connectivity index (χ0) is 19.1. The number of rotatable bonds is 6. The molecule has 0 saturated heterocycles. The van der Waals surface area contributed by atoms with Gasteiger partial charge in [0.25, 0.3) is 5.91 Å². The van der Waals surface area contributed by atoms with Crippen molar-refractivity contribution in [1.29, 1.82) is 0 Å². The number of pyridine rings is 1. The number of aryl methyl sites for hydroxylation is 1. The van der Waals surface area contributed by atoms with Crippen LogP contribution in [0.3, 0.4) is 0 Å². The second-order valence-corrected chi connectivity index (χ2v) is 5.87. The molecule has 0 spiro atoms. The van der Waals surface area contributed by atoms with Crippen molar-refractivity contribution in [2.45, 2.75) is 20.0 Å². The summed E-state index contributed by atoms with van der Waals surface area (Å²) < 4.78 is 5.11. The minimum Gasteiger partial charge on any atom is -0.448 e. The molecule has 2 amide bonds. The number of ether oxygens (including phenoxy) is 1. The van der Waals surface area contributed by atoms with Crippen LogP contribution in [0.15, 0.2) is 48.7 Å². The van der Waals surface area contributed by atoms with Crippen LogP contribution >= 0.6 is 0 Å². The number of hydrogen-bond acceptors (Lipinski definition) is 5. The Bertz CT molecular complexity index is 775. The smallest absolute Gasteiger partial charge is 0.357 e. The summed E-state index contributed by atoms with van der Waals surface area (Å²) in [6.45, 7) is 3.25. The largest absolute Gasteiger partial charge is 0.448 e. The second kappa shape index (κ2) is 8.75. The van der Waals surface area contributed by atoms with Gasteiger partial charge in [-0.3, -0.25) is 9.59 Å². The maximum Gasteiger partial charge on any atom is 0.357 e. The van der Waals surface area contributed by atoms with E-state index in [0.717, 1.165) is 5.56 Å². The van der Waals surface area contributed by atoms with E-state index in [-0.39, 0.29) is 18.1 Å². The molecule has 136 valence electrons. The third-order valence-electron chi connectivity index (χ3n) is 3.60. The quantitative estimate of drug-likeness (QED) is 0.801. The van der Waals surface area contributed by atoms with Crippen molar-refractivity contribution < 1.29 is 19.1 Å². The van der Waals surface area contributed by atoms with E-state index < -0.39 is 18.0 Å². The summed E-state index contributed by atoms with van der Waals surface area (Å²) >= 11 is 0. The van der Waals surface area contributed by atoms with Crippen molar-refractivity contribution in [3.05, 3.63) is 59.9 Å². The summed E-state index contributed by atoms with van der Waals surface area (Å²) in [5.74, 6) is -1.51. The fourth-order valence-electron chi connectivity index (χ4n) is 2.20. The number of amides is 2. The molecule has 0 saturated carbocycles. The lowest BCUT2D eigenvalue weighted by Gasteiger charge is -2.21. The Balaban J connectivity index is 1.86. The molecule has 0 aliphatic carbocycles. The van der Waals surface area contributed by atoms with E-state index in [4.69, 9.17) is 4.74 Å². The molecule has 1 N–H and O–H groups in total. The van der Waals surface area contributed by atoms with Gasteiger partial charge in [0.1, 0.15) is 5.69 Å². The maximum atomic E-state index is 12.3. The second-order valence-electron chi connectivity index (χ2n) is 5.87. The van der Waals surface area contributed by atoms with Crippen molar-refractivity contribution in [3.8, 4) is 0 Å². The lowest BCUT2D eigenvalue weighted by atomic mass is 10.2. The topological polar surface area (TPSA) is 88.6 Å². The number of nitrogens with zero attached hydrogens (tertiary/aromatic N) is 2. The monoisotopic (exact) mass is 355 g/mol. The van der Waals surface area contributed by atoms with Crippen LogP contribution in [0.2, 0.25) is 0 Å². The highest BCUT2D eigenvalue weighted by molar-refractivity contribution is 5.96. The summed E-state index contributed by atoms with van der Waals surface area (Å²) in [4.78, 5) is 41.4. The first-order chi connectivity index (χ1) is 12.4. The van der Waals surface area contributed by atoms with E-state index in [0.29, 0.717) is 5.69 Å². The Labute approximate surface area is 152 Å². The first kappa shape index (κ1) is 19.1. The van der Waals surface area contributed by atoms with E-state index in [1.54, 1.807) is 24.3 Å². The van der Waals surface area contributed by atoms with E-state index in [9.17, 15) is 14.4 Å². The van der Waals surface area contributed by atoms with Gasteiger partial charge in [-0.2, -0.15) is 0 Å². The van der Waals surface area contributed by atoms with E-state index >= 15 is 0 Å². The van der Waals surface area contributed by atoms with Crippen LogP contribution in [-0.2, 0) is 14.3 Å². The molecular formula is C19H21N3O4. The molecule has 7 nitrogen and oxygen atoms in total. The number of likely N-dealkylation sites (N-methyl/N-ethyl adjacent to an activating group) is 1. The summed E-state index contributed by atoms with van der Waals surface area (Å²) in [5, 5.41) is 2.71. The van der Waals surface area contributed by atoms with Crippen molar-refractivity contribution >= 4 is 23.5 Å². The third-order valence-corrected chi connectivity index (χ3v) is 3.60. The molecule has 1 aromatic heterocycles. The summed E-state index contributed by atoms with van der Waals surface area (Å²) in [6, 6.07) is 12.1. The molecule has 0 unspecified atom stereocenters. The van der Waals surface area contributed by atoms with Crippen LogP contribution in [0.4, 0.5) is 5.69 Å². The van der Waals surface area contributed by atoms with Gasteiger partial charge in [-0.25, -0.2) is 9.78 Å². The molecule has 1 aromatic carbocycles. The maximum absolute atomic E-state index is 12.3. The number of carbonyl (C=O) groups is 3. The summed E-state index contributed by atoms with van der Waals surface area (Å²) in [6.07, 6.45) is 0.437. The zero-order valence-electron chi connectivity index (χ0n) is 14.9. The van der Waals surface area contributed by atoms with Gasteiger partial charge in [-0.1, -0.05) is 23.8 Å². The van der Waals surface area contributed by atoms with Gasteiger partial charge >= 0.3 is 5.97 Å². The van der Waals surface area contributed by atoms with Gasteiger partial charge < -0.3 is 15.0 Å². The fourth-order valence-corrected chi connectivity index (χ4v) is 2.20. The Morgan fingerprint density at radius 3 is 2.46 bits per heavy atom. The van der Waals surface area contributed by atoms with Gasteiger partial charge in [0.15, 0.2) is 6.10 Å². The molecule has 26 heavy (non-hydrogen) atoms. The summed E-state index contributed by atoms with van der Waals surface area (Å²) in [5.41, 5.74) is 1.85. The van der Waals surface area contributed by atoms with Gasteiger partial charge in [0.05, 0.1) is 6.54 Å². The minimum absolute atomic E-state index is 0.118. The highest BCUT2D eigenvalue weighted by atomic mass is 16.5. The standard InChI is InChI=1S/C19H21N3O4/c1-13-7-9-15(10-8-13)21-17(23)12-22(3)18(24)14(2)26-19(25)16-6-4-5-11-20-16/h4-11,14H,12H2,1-3H3,(H,21,23)/t14-/m1/s1. The van der Waals surface area contributed by atoms with Gasteiger partial charge in [-0.15, -0.1) is 0 Å². The highest BCUT2D eigenvalue weighted by Gasteiger charge is 2.24. The first-order valence-corrected chi connectivity index (χ1v) is 8.10. The van der Waals surface area contributed by atoms with Crippen molar-refractivity contribution in [3.63, 3.8) is 0 Å². The number of benzene rings is 1. The Morgan fingerprint density at radius 1 is 1.15 bits per heavy atom. The zero-order valence-corrected chi connectivity index (χ0v) is 14.9. The SMILES string of the molecule is Cc1ccc(NC(=O)CN(C)C(=O)[C@@H](C)OC(=O)c2ccccn2)cc1. The van der Waals surface area contributed by atoms with Crippen LogP contribution in [0, 0.1) is 6.92 Å². The number of nitrogens with one attached hydrogen (secondary N) is 1. The van der Waals surface area contributed by atoms with Crippen LogP contribution in [-0.4, -0.2) is 47.4 Å². The van der Waals surface area contributed by atoms with Gasteiger partial charge in [0.2, 0.25) is 5.91 Å². The molecule has 0 fully saturated rings. The number of aromatic nitrogens is 1. The minimum atomic E-state index is -1.03. The molecule has 0 bridgehead atoms. The molecule has 0 aliphatic rings. The summed E-state index contributed by atoms with van der Waals surface area (Å²) in [7, 11) is 1.47. The molecule has 1 heterocycles. The van der Waals surface area contributed by atoms with Crippen LogP contribution in [0.25, 0.3) is 0 Å². The van der Waals surface area contributed by atoms with E-state index in [1.165, 1.54) is 31.1 Å². The Hall–Kier alpha value is -3.22. The van der Waals surface area contributed by atoms with Crippen molar-refractivity contribution in [2.75, 3.05) is 18.9 Å². The van der Waals surface area contributed by atoms with Crippen molar-refractivity contribution in [2.24, 2.45) is 0 Å². The normalized spacial score (nSPS) is 11.3. The molecular weight excluding hydrogens is 334 g/mol. The molecule has 2 aromatic rings. The molecule has 1 atom stereocenters. The van der Waals surface area contributed by atoms with E-state index in [1.807, 2.05) is 19.1 Å². The Kier molecular flexibility index (Phi) is 6.43. The van der Waals surface area contributed by atoms with Crippen LogP contribution < -0.4 is 5.32 Å². The average Bonchev–Trinajstić information content (AvgIpc) is 2.63. The van der Waals surface area contributed by atoms with Gasteiger partial charge in [-0.05, 0) is 38.1 Å². The highest BCUT2D eigenvalue weighted by Crippen LogP contribution is 2.09. The average molecular weight is 355 g/mol. The van der Waals surface area contributed by atoms with Crippen LogP contribution in [0.1, 0.15) is 23.0 Å². The van der Waals surface area contributed by atoms with Crippen molar-refractivity contribution in [1.82, 2.24) is 9.88 Å². The lowest BCUT2D eigenvalue weighted by molar-refractivity contribution is -0.140. The number of anilines is 1. The number of carbonyl (C=O) groups excluding carboxylic acids is 3. The first-order valence-electron chi connectivity index (χ1n) is 8.10. The molecule has 0 aliphatic heterocycles. The van der Waals surface area contributed by atoms with Gasteiger partial charge in [0, 0.05) is 18.9 Å². The Morgan fingerprint density at radius 2 is 1.85 bits per heavy atom. The fraction of sp³-hybridized carbons (Fsp3) is 0.263. The predicted molar refractivity (Wildman–Crippen MR) is 96.6 cm³/mol. The predicted octanol–water partition coefficient (Wildman–Crippen LogP) is 2.03. The third kappa shape index (κ3) is 5.41. The molecule has 0 radical (unpaired) electrons.